The quantitative estimate of drug-likeness (QED) is 0.798. The molecule has 0 bridgehead atoms. The largest absolute Gasteiger partial charge is 0.310 e. The number of hydrogen-bond donors (Lipinski definition) is 1. The monoisotopic (exact) mass is 358 g/mol. The summed E-state index contributed by atoms with van der Waals surface area (Å²) in [5.41, 5.74) is 1.38. The zero-order valence-corrected chi connectivity index (χ0v) is 14.4. The van der Waals surface area contributed by atoms with E-state index < -0.39 is 0 Å². The van der Waals surface area contributed by atoms with Gasteiger partial charge in [-0.1, -0.05) is 6.07 Å². The molecule has 0 aliphatic rings. The molecule has 0 aliphatic heterocycles. The van der Waals surface area contributed by atoms with Crippen LogP contribution >= 0.6 is 38.6 Å². The maximum atomic E-state index is 3.52. The summed E-state index contributed by atoms with van der Waals surface area (Å²) in [5.74, 6) is 0. The van der Waals surface area contributed by atoms with Gasteiger partial charge in [-0.3, -0.25) is 4.90 Å². The molecular formula is C14H19BrN2S2. The van der Waals surface area contributed by atoms with E-state index in [-0.39, 0.29) is 0 Å². The number of thiophene rings is 2. The van der Waals surface area contributed by atoms with E-state index in [0.717, 1.165) is 19.6 Å². The van der Waals surface area contributed by atoms with Crippen molar-refractivity contribution in [2.75, 3.05) is 13.6 Å². The molecule has 0 saturated carbocycles. The van der Waals surface area contributed by atoms with Gasteiger partial charge in [0.1, 0.15) is 0 Å². The Morgan fingerprint density at radius 1 is 1.42 bits per heavy atom. The van der Waals surface area contributed by atoms with E-state index in [9.17, 15) is 0 Å². The fourth-order valence-electron chi connectivity index (χ4n) is 1.85. The predicted octanol–water partition coefficient (Wildman–Crippen LogP) is 4.18. The van der Waals surface area contributed by atoms with E-state index in [0.29, 0.717) is 6.04 Å². The number of nitrogens with zero attached hydrogens (tertiary/aromatic N) is 1. The molecule has 0 fully saturated rings. The SMILES string of the molecule is CC(CNCc1cccs1)N(C)Cc1csc(Br)c1. The minimum atomic E-state index is 0.527. The number of nitrogens with one attached hydrogen (secondary N) is 1. The molecule has 2 nitrogen and oxygen atoms in total. The van der Waals surface area contributed by atoms with E-state index in [4.69, 9.17) is 0 Å². The molecule has 19 heavy (non-hydrogen) atoms. The first-order valence-electron chi connectivity index (χ1n) is 6.31. The van der Waals surface area contributed by atoms with E-state index in [1.807, 2.05) is 11.3 Å². The average molecular weight is 359 g/mol. The van der Waals surface area contributed by atoms with Crippen molar-refractivity contribution in [3.05, 3.63) is 43.2 Å². The van der Waals surface area contributed by atoms with Gasteiger partial charge in [0.25, 0.3) is 0 Å². The molecule has 2 rings (SSSR count). The first-order chi connectivity index (χ1) is 9.15. The predicted molar refractivity (Wildman–Crippen MR) is 89.0 cm³/mol. The number of likely N-dealkylation sites (N-methyl/N-ethyl adjacent to an activating group) is 1. The molecule has 1 N–H and O–H groups in total. The fourth-order valence-corrected chi connectivity index (χ4v) is 3.72. The molecule has 0 saturated heterocycles. The molecule has 5 heteroatoms. The Kier molecular flexibility index (Phi) is 6.04. The zero-order valence-electron chi connectivity index (χ0n) is 11.2. The summed E-state index contributed by atoms with van der Waals surface area (Å²) >= 11 is 7.07. The normalized spacial score (nSPS) is 13.1. The van der Waals surface area contributed by atoms with Crippen LogP contribution in [0.4, 0.5) is 0 Å². The van der Waals surface area contributed by atoms with E-state index >= 15 is 0 Å². The van der Waals surface area contributed by atoms with Crippen LogP contribution in [-0.2, 0) is 13.1 Å². The van der Waals surface area contributed by atoms with Crippen molar-refractivity contribution < 1.29 is 0 Å². The van der Waals surface area contributed by atoms with Gasteiger partial charge in [-0.15, -0.1) is 22.7 Å². The van der Waals surface area contributed by atoms with E-state index in [1.54, 1.807) is 11.3 Å². The molecule has 1 unspecified atom stereocenters. The molecule has 0 aromatic carbocycles. The lowest BCUT2D eigenvalue weighted by Crippen LogP contribution is -2.37. The smallest absolute Gasteiger partial charge is 0.0701 e. The van der Waals surface area contributed by atoms with Gasteiger partial charge in [-0.25, -0.2) is 0 Å². The summed E-state index contributed by atoms with van der Waals surface area (Å²) in [6.07, 6.45) is 0. The van der Waals surface area contributed by atoms with Gasteiger partial charge in [-0.05, 0) is 58.4 Å². The van der Waals surface area contributed by atoms with Crippen molar-refractivity contribution in [2.24, 2.45) is 0 Å². The molecule has 2 aromatic heterocycles. The van der Waals surface area contributed by atoms with Crippen LogP contribution in [0.1, 0.15) is 17.4 Å². The third kappa shape index (κ3) is 5.00. The fraction of sp³-hybridized carbons (Fsp3) is 0.429. The second-order valence-electron chi connectivity index (χ2n) is 4.73. The molecule has 104 valence electrons. The summed E-state index contributed by atoms with van der Waals surface area (Å²) in [4.78, 5) is 3.78. The van der Waals surface area contributed by atoms with Crippen molar-refractivity contribution in [3.8, 4) is 0 Å². The lowest BCUT2D eigenvalue weighted by Gasteiger charge is -2.24. The van der Waals surface area contributed by atoms with Crippen LogP contribution in [0.15, 0.2) is 32.7 Å². The van der Waals surface area contributed by atoms with Crippen LogP contribution in [0.2, 0.25) is 0 Å². The highest BCUT2D eigenvalue weighted by Crippen LogP contribution is 2.21. The molecule has 0 spiro atoms. The topological polar surface area (TPSA) is 15.3 Å². The van der Waals surface area contributed by atoms with Crippen molar-refractivity contribution in [2.45, 2.75) is 26.1 Å². The van der Waals surface area contributed by atoms with Gasteiger partial charge in [0.05, 0.1) is 3.79 Å². The summed E-state index contributed by atoms with van der Waals surface area (Å²) in [5, 5.41) is 7.86. The van der Waals surface area contributed by atoms with Crippen LogP contribution < -0.4 is 5.32 Å². The Labute approximate surface area is 131 Å². The first kappa shape index (κ1) is 15.2. The lowest BCUT2D eigenvalue weighted by atomic mass is 10.2. The van der Waals surface area contributed by atoms with Gasteiger partial charge in [-0.2, -0.15) is 0 Å². The number of hydrogen-bond acceptors (Lipinski definition) is 4. The lowest BCUT2D eigenvalue weighted by molar-refractivity contribution is 0.243. The van der Waals surface area contributed by atoms with Gasteiger partial charge < -0.3 is 5.32 Å². The van der Waals surface area contributed by atoms with E-state index in [1.165, 1.54) is 14.2 Å². The van der Waals surface area contributed by atoms with Crippen molar-refractivity contribution >= 4 is 38.6 Å². The summed E-state index contributed by atoms with van der Waals surface area (Å²) in [6, 6.07) is 7.01. The van der Waals surface area contributed by atoms with Crippen molar-refractivity contribution in [1.29, 1.82) is 0 Å². The number of rotatable bonds is 7. The van der Waals surface area contributed by atoms with Gasteiger partial charge >= 0.3 is 0 Å². The molecule has 0 radical (unpaired) electrons. The van der Waals surface area contributed by atoms with Crippen molar-refractivity contribution in [3.63, 3.8) is 0 Å². The maximum absolute atomic E-state index is 3.52. The van der Waals surface area contributed by atoms with Crippen LogP contribution in [0.5, 0.6) is 0 Å². The molecular weight excluding hydrogens is 340 g/mol. The van der Waals surface area contributed by atoms with Crippen LogP contribution in [-0.4, -0.2) is 24.5 Å². The van der Waals surface area contributed by atoms with Gasteiger partial charge in [0, 0.05) is 30.6 Å². The molecule has 0 amide bonds. The highest BCUT2D eigenvalue weighted by molar-refractivity contribution is 9.11. The highest BCUT2D eigenvalue weighted by Gasteiger charge is 2.10. The van der Waals surface area contributed by atoms with Crippen molar-refractivity contribution in [1.82, 2.24) is 10.2 Å². The molecule has 2 heterocycles. The third-order valence-corrected chi connectivity index (χ3v) is 5.55. The standard InChI is InChI=1S/C14H19BrN2S2/c1-11(7-16-8-13-4-3-5-18-13)17(2)9-12-6-14(15)19-10-12/h3-6,10-11,16H,7-9H2,1-2H3. The maximum Gasteiger partial charge on any atom is 0.0701 e. The van der Waals surface area contributed by atoms with Gasteiger partial charge in [0.15, 0.2) is 0 Å². The highest BCUT2D eigenvalue weighted by atomic mass is 79.9. The second-order valence-corrected chi connectivity index (χ2v) is 8.06. The Bertz CT molecular complexity index is 481. The third-order valence-electron chi connectivity index (χ3n) is 3.13. The molecule has 0 aliphatic carbocycles. The van der Waals surface area contributed by atoms with Crippen LogP contribution in [0, 0.1) is 0 Å². The van der Waals surface area contributed by atoms with E-state index in [2.05, 4.69) is 69.1 Å². The summed E-state index contributed by atoms with van der Waals surface area (Å²) in [6.45, 7) is 5.26. The zero-order chi connectivity index (χ0) is 13.7. The van der Waals surface area contributed by atoms with Crippen LogP contribution in [0.3, 0.4) is 0 Å². The Balaban J connectivity index is 1.71. The summed E-state index contributed by atoms with van der Waals surface area (Å²) in [7, 11) is 2.18. The number of halogens is 1. The summed E-state index contributed by atoms with van der Waals surface area (Å²) < 4.78 is 1.21. The first-order valence-corrected chi connectivity index (χ1v) is 8.86. The van der Waals surface area contributed by atoms with Crippen LogP contribution in [0.25, 0.3) is 0 Å². The Morgan fingerprint density at radius 3 is 2.89 bits per heavy atom. The molecule has 1 atom stereocenters. The second kappa shape index (κ2) is 7.55. The minimum Gasteiger partial charge on any atom is -0.310 e. The minimum absolute atomic E-state index is 0.527. The Hall–Kier alpha value is -0.200. The average Bonchev–Trinajstić information content (AvgIpc) is 3.01. The van der Waals surface area contributed by atoms with Gasteiger partial charge in [0.2, 0.25) is 0 Å². The molecule has 2 aromatic rings. The Morgan fingerprint density at radius 2 is 2.26 bits per heavy atom.